The molecule has 9 heteroatoms. The molecule has 0 fully saturated rings. The van der Waals surface area contributed by atoms with Crippen LogP contribution < -0.4 is 20.1 Å². The third-order valence-electron chi connectivity index (χ3n) is 5.94. The SMILES string of the molecule is N#CC1=C(N)N(c2cccc([N+](=O)[O-])c2)C2=C(C(=O)CCC2)C1c1ccc2c(c1)OCO2. The van der Waals surface area contributed by atoms with Gasteiger partial charge in [-0.15, -0.1) is 0 Å². The lowest BCUT2D eigenvalue weighted by molar-refractivity contribution is -0.384. The van der Waals surface area contributed by atoms with Crippen LogP contribution >= 0.6 is 0 Å². The van der Waals surface area contributed by atoms with Crippen LogP contribution in [-0.4, -0.2) is 17.5 Å². The molecule has 0 spiro atoms. The number of hydrogen-bond donors (Lipinski definition) is 1. The highest BCUT2D eigenvalue weighted by molar-refractivity contribution is 6.01. The number of nitriles is 1. The van der Waals surface area contributed by atoms with Gasteiger partial charge in [-0.3, -0.25) is 19.8 Å². The molecular formula is C23H18N4O5. The van der Waals surface area contributed by atoms with Crippen LogP contribution in [0.2, 0.25) is 0 Å². The quantitative estimate of drug-likeness (QED) is 0.577. The topological polar surface area (TPSA) is 132 Å². The first-order chi connectivity index (χ1) is 15.5. The first-order valence-corrected chi connectivity index (χ1v) is 10.1. The number of rotatable bonds is 3. The van der Waals surface area contributed by atoms with Crippen LogP contribution in [0, 0.1) is 21.4 Å². The number of nitro benzene ring substituents is 1. The van der Waals surface area contributed by atoms with Crippen molar-refractivity contribution in [3.05, 3.63) is 80.8 Å². The zero-order valence-corrected chi connectivity index (χ0v) is 16.9. The number of non-ortho nitro benzene ring substituents is 1. The van der Waals surface area contributed by atoms with Gasteiger partial charge in [-0.05, 0) is 36.6 Å². The van der Waals surface area contributed by atoms with Crippen LogP contribution in [0.25, 0.3) is 0 Å². The maximum atomic E-state index is 13.1. The van der Waals surface area contributed by atoms with Crippen LogP contribution in [0.15, 0.2) is 65.1 Å². The fourth-order valence-electron chi connectivity index (χ4n) is 4.55. The third-order valence-corrected chi connectivity index (χ3v) is 5.94. The summed E-state index contributed by atoms with van der Waals surface area (Å²) in [7, 11) is 0. The normalized spacial score (nSPS) is 19.7. The molecular weight excluding hydrogens is 412 g/mol. The zero-order valence-electron chi connectivity index (χ0n) is 16.9. The predicted octanol–water partition coefficient (Wildman–Crippen LogP) is 3.63. The number of allylic oxidation sites excluding steroid dienone is 3. The van der Waals surface area contributed by atoms with Crippen molar-refractivity contribution in [1.82, 2.24) is 0 Å². The molecule has 2 aromatic rings. The van der Waals surface area contributed by atoms with E-state index >= 15 is 0 Å². The Morgan fingerprint density at radius 2 is 1.97 bits per heavy atom. The number of carbonyl (C=O) groups is 1. The summed E-state index contributed by atoms with van der Waals surface area (Å²) >= 11 is 0. The lowest BCUT2D eigenvalue weighted by atomic mass is 9.75. The highest BCUT2D eigenvalue weighted by Gasteiger charge is 2.41. The van der Waals surface area contributed by atoms with Crippen LogP contribution in [-0.2, 0) is 4.79 Å². The van der Waals surface area contributed by atoms with Gasteiger partial charge >= 0.3 is 0 Å². The first-order valence-electron chi connectivity index (χ1n) is 10.1. The molecule has 0 aromatic heterocycles. The summed E-state index contributed by atoms with van der Waals surface area (Å²) in [4.78, 5) is 25.6. The van der Waals surface area contributed by atoms with Crippen LogP contribution in [0.5, 0.6) is 11.5 Å². The smallest absolute Gasteiger partial charge is 0.271 e. The number of carbonyl (C=O) groups excluding carboxylic acids is 1. The van der Waals surface area contributed by atoms with Crippen LogP contribution in [0.1, 0.15) is 30.7 Å². The van der Waals surface area contributed by atoms with E-state index in [0.717, 1.165) is 0 Å². The molecule has 1 aliphatic carbocycles. The molecule has 0 radical (unpaired) electrons. The number of Topliss-reactive ketones (excluding diaryl/α,β-unsaturated/α-hetero) is 1. The van der Waals surface area contributed by atoms with E-state index in [1.54, 1.807) is 35.2 Å². The number of hydrogen-bond acceptors (Lipinski definition) is 8. The zero-order chi connectivity index (χ0) is 22.4. The minimum absolute atomic E-state index is 0.0652. The molecule has 0 saturated carbocycles. The van der Waals surface area contributed by atoms with E-state index in [1.807, 2.05) is 0 Å². The van der Waals surface area contributed by atoms with Gasteiger partial charge in [-0.2, -0.15) is 5.26 Å². The van der Waals surface area contributed by atoms with E-state index in [4.69, 9.17) is 15.2 Å². The van der Waals surface area contributed by atoms with Gasteiger partial charge in [0, 0.05) is 29.8 Å². The summed E-state index contributed by atoms with van der Waals surface area (Å²) in [5.74, 6) is 0.591. The highest BCUT2D eigenvalue weighted by Crippen LogP contribution is 2.48. The fourth-order valence-corrected chi connectivity index (χ4v) is 4.55. The van der Waals surface area contributed by atoms with E-state index in [2.05, 4.69) is 6.07 Å². The summed E-state index contributed by atoms with van der Waals surface area (Å²) in [6.45, 7) is 0.111. The Hall–Kier alpha value is -4.32. The molecule has 1 unspecified atom stereocenters. The Bertz CT molecular complexity index is 1270. The lowest BCUT2D eigenvalue weighted by Crippen LogP contribution is -2.38. The molecule has 160 valence electrons. The Morgan fingerprint density at radius 1 is 1.16 bits per heavy atom. The summed E-state index contributed by atoms with van der Waals surface area (Å²) in [5, 5.41) is 21.4. The van der Waals surface area contributed by atoms with E-state index in [9.17, 15) is 20.2 Å². The maximum Gasteiger partial charge on any atom is 0.271 e. The van der Waals surface area contributed by atoms with Gasteiger partial charge in [0.1, 0.15) is 5.82 Å². The van der Waals surface area contributed by atoms with Gasteiger partial charge in [0.15, 0.2) is 17.3 Å². The number of ketones is 1. The number of nitrogens with zero attached hydrogens (tertiary/aromatic N) is 3. The number of nitrogens with two attached hydrogens (primary N) is 1. The number of benzene rings is 2. The average molecular weight is 430 g/mol. The van der Waals surface area contributed by atoms with Crippen molar-refractivity contribution in [2.45, 2.75) is 25.2 Å². The van der Waals surface area contributed by atoms with E-state index in [0.29, 0.717) is 53.3 Å². The first kappa shape index (κ1) is 19.6. The van der Waals surface area contributed by atoms with Crippen molar-refractivity contribution in [3.63, 3.8) is 0 Å². The van der Waals surface area contributed by atoms with E-state index < -0.39 is 10.8 Å². The molecule has 2 N–H and O–H groups in total. The monoisotopic (exact) mass is 430 g/mol. The summed E-state index contributed by atoms with van der Waals surface area (Å²) in [6, 6.07) is 13.5. The third kappa shape index (κ3) is 2.96. The number of anilines is 1. The molecule has 2 aliphatic heterocycles. The summed E-state index contributed by atoms with van der Waals surface area (Å²) in [5.41, 5.74) is 8.91. The number of fused-ring (bicyclic) bond motifs is 1. The van der Waals surface area contributed by atoms with Crippen molar-refractivity contribution in [2.75, 3.05) is 11.7 Å². The average Bonchev–Trinajstić information content (AvgIpc) is 3.26. The van der Waals surface area contributed by atoms with Crippen molar-refractivity contribution >= 4 is 17.2 Å². The Morgan fingerprint density at radius 3 is 2.75 bits per heavy atom. The van der Waals surface area contributed by atoms with Gasteiger partial charge in [-0.25, -0.2) is 0 Å². The van der Waals surface area contributed by atoms with Gasteiger partial charge in [0.05, 0.1) is 28.2 Å². The number of ether oxygens (including phenoxy) is 2. The summed E-state index contributed by atoms with van der Waals surface area (Å²) in [6.07, 6.45) is 1.55. The molecule has 9 nitrogen and oxygen atoms in total. The second kappa shape index (κ2) is 7.42. The fraction of sp³-hybridized carbons (Fsp3) is 0.217. The Kier molecular flexibility index (Phi) is 4.56. The van der Waals surface area contributed by atoms with Crippen molar-refractivity contribution in [3.8, 4) is 17.6 Å². The van der Waals surface area contributed by atoms with Crippen molar-refractivity contribution in [2.24, 2.45) is 5.73 Å². The molecule has 32 heavy (non-hydrogen) atoms. The molecule has 2 heterocycles. The summed E-state index contributed by atoms with van der Waals surface area (Å²) < 4.78 is 10.9. The van der Waals surface area contributed by atoms with Crippen molar-refractivity contribution < 1.29 is 19.2 Å². The van der Waals surface area contributed by atoms with Crippen LogP contribution in [0.3, 0.4) is 0 Å². The van der Waals surface area contributed by atoms with Gasteiger partial charge in [0.2, 0.25) is 6.79 Å². The van der Waals surface area contributed by atoms with Gasteiger partial charge in [-0.1, -0.05) is 12.1 Å². The molecule has 3 aliphatic rings. The molecule has 1 atom stereocenters. The highest BCUT2D eigenvalue weighted by atomic mass is 16.7. The lowest BCUT2D eigenvalue weighted by Gasteiger charge is -2.39. The van der Waals surface area contributed by atoms with Crippen molar-refractivity contribution in [1.29, 1.82) is 5.26 Å². The van der Waals surface area contributed by atoms with Gasteiger partial charge < -0.3 is 15.2 Å². The second-order valence-electron chi connectivity index (χ2n) is 7.71. The minimum Gasteiger partial charge on any atom is -0.454 e. The maximum absolute atomic E-state index is 13.1. The second-order valence-corrected chi connectivity index (χ2v) is 7.71. The van der Waals surface area contributed by atoms with Crippen LogP contribution in [0.4, 0.5) is 11.4 Å². The predicted molar refractivity (Wildman–Crippen MR) is 114 cm³/mol. The molecule has 0 saturated heterocycles. The molecule has 0 amide bonds. The van der Waals surface area contributed by atoms with Gasteiger partial charge in [0.25, 0.3) is 5.69 Å². The number of nitro groups is 1. The Balaban J connectivity index is 1.72. The largest absolute Gasteiger partial charge is 0.454 e. The molecule has 0 bridgehead atoms. The minimum atomic E-state index is -0.646. The Labute approximate surface area is 183 Å². The molecule has 2 aromatic carbocycles. The van der Waals surface area contributed by atoms with E-state index in [1.165, 1.54) is 12.1 Å². The van der Waals surface area contributed by atoms with E-state index in [-0.39, 0.29) is 29.7 Å². The standard InChI is InChI=1S/C23H18N4O5/c24-11-16-21(13-7-8-19-20(9-13)32-12-31-19)22-17(5-2-6-18(22)28)26(23(16)25)14-3-1-4-15(10-14)27(29)30/h1,3-4,7-10,21H,2,5-6,12,25H2. The molecule has 5 rings (SSSR count).